The van der Waals surface area contributed by atoms with E-state index in [0.29, 0.717) is 13.2 Å². The van der Waals surface area contributed by atoms with E-state index < -0.39 is 0 Å². The van der Waals surface area contributed by atoms with Crippen molar-refractivity contribution in [1.29, 1.82) is 0 Å². The summed E-state index contributed by atoms with van der Waals surface area (Å²) in [6.07, 6.45) is 2.09. The first-order chi connectivity index (χ1) is 15.6. The summed E-state index contributed by atoms with van der Waals surface area (Å²) in [7, 11) is 1.63. The number of benzene rings is 2. The molecule has 4 aromatic rings. The van der Waals surface area contributed by atoms with Crippen LogP contribution in [0, 0.1) is 6.92 Å². The van der Waals surface area contributed by atoms with E-state index >= 15 is 0 Å². The summed E-state index contributed by atoms with van der Waals surface area (Å²) in [5, 5.41) is 10.1. The number of nitrogens with zero attached hydrogens (tertiary/aromatic N) is 3. The highest BCUT2D eigenvalue weighted by molar-refractivity contribution is 7.09. The molecule has 0 aliphatic heterocycles. The molecule has 0 atom stereocenters. The number of hydrogen-bond acceptors (Lipinski definition) is 6. The van der Waals surface area contributed by atoms with Crippen molar-refractivity contribution in [2.24, 2.45) is 0 Å². The molecule has 0 aliphatic rings. The zero-order chi connectivity index (χ0) is 22.3. The minimum Gasteiger partial charge on any atom is -0.497 e. The van der Waals surface area contributed by atoms with Crippen LogP contribution in [-0.4, -0.2) is 27.8 Å². The van der Waals surface area contributed by atoms with E-state index in [9.17, 15) is 4.79 Å². The number of hydrogen-bond donors (Lipinski definition) is 1. The van der Waals surface area contributed by atoms with Gasteiger partial charge in [-0.2, -0.15) is 5.10 Å². The third-order valence-electron chi connectivity index (χ3n) is 4.77. The number of thiazole rings is 1. The summed E-state index contributed by atoms with van der Waals surface area (Å²) in [6, 6.07) is 17.4. The molecule has 2 aromatic heterocycles. The molecule has 7 nitrogen and oxygen atoms in total. The smallest absolute Gasteiger partial charge is 0.226 e. The first kappa shape index (κ1) is 21.6. The lowest BCUT2D eigenvalue weighted by atomic mass is 10.2. The lowest BCUT2D eigenvalue weighted by Crippen LogP contribution is -2.25. The third-order valence-corrected chi connectivity index (χ3v) is 5.64. The Morgan fingerprint density at radius 2 is 1.78 bits per heavy atom. The van der Waals surface area contributed by atoms with E-state index in [1.165, 1.54) is 16.9 Å². The molecule has 0 bridgehead atoms. The Hall–Kier alpha value is -3.65. The Kier molecular flexibility index (Phi) is 6.81. The minimum atomic E-state index is -0.0969. The van der Waals surface area contributed by atoms with Crippen LogP contribution in [0.2, 0.25) is 0 Å². The molecule has 0 aliphatic carbocycles. The van der Waals surface area contributed by atoms with Crippen molar-refractivity contribution < 1.29 is 14.3 Å². The number of amides is 1. The van der Waals surface area contributed by atoms with Gasteiger partial charge >= 0.3 is 0 Å². The van der Waals surface area contributed by atoms with E-state index in [1.54, 1.807) is 11.8 Å². The second kappa shape index (κ2) is 10.1. The molecular formula is C24H24N4O3S. The van der Waals surface area contributed by atoms with Crippen LogP contribution in [0.3, 0.4) is 0 Å². The van der Waals surface area contributed by atoms with Crippen LogP contribution in [0.1, 0.15) is 22.0 Å². The molecule has 1 amide bonds. The fourth-order valence-electron chi connectivity index (χ4n) is 3.03. The second-order valence-corrected chi connectivity index (χ2v) is 8.18. The number of aryl methyl sites for hydroxylation is 1. The molecule has 0 spiro atoms. The van der Waals surface area contributed by atoms with E-state index in [1.807, 2.05) is 73.1 Å². The zero-order valence-electron chi connectivity index (χ0n) is 17.9. The minimum absolute atomic E-state index is 0.0969. The van der Waals surface area contributed by atoms with Gasteiger partial charge in [0.05, 0.1) is 37.2 Å². The quantitative estimate of drug-likeness (QED) is 0.417. The highest BCUT2D eigenvalue weighted by Crippen LogP contribution is 2.17. The van der Waals surface area contributed by atoms with Gasteiger partial charge in [0.1, 0.15) is 23.1 Å². The molecule has 4 rings (SSSR count). The Labute approximate surface area is 190 Å². The van der Waals surface area contributed by atoms with Gasteiger partial charge < -0.3 is 14.8 Å². The van der Waals surface area contributed by atoms with Gasteiger partial charge in [0, 0.05) is 11.6 Å². The Balaban J connectivity index is 1.24. The molecule has 0 unspecified atom stereocenters. The van der Waals surface area contributed by atoms with Crippen molar-refractivity contribution in [1.82, 2.24) is 20.1 Å². The van der Waals surface area contributed by atoms with Crippen LogP contribution >= 0.6 is 11.3 Å². The van der Waals surface area contributed by atoms with Crippen molar-refractivity contribution in [2.75, 3.05) is 7.11 Å². The summed E-state index contributed by atoms with van der Waals surface area (Å²) in [4.78, 5) is 16.8. The van der Waals surface area contributed by atoms with Gasteiger partial charge in [0.15, 0.2) is 0 Å². The summed E-state index contributed by atoms with van der Waals surface area (Å²) < 4.78 is 12.7. The molecule has 32 heavy (non-hydrogen) atoms. The van der Waals surface area contributed by atoms with Crippen molar-refractivity contribution in [3.05, 3.63) is 88.1 Å². The zero-order valence-corrected chi connectivity index (χ0v) is 18.8. The molecular weight excluding hydrogens is 424 g/mol. The van der Waals surface area contributed by atoms with Crippen molar-refractivity contribution >= 4 is 17.2 Å². The van der Waals surface area contributed by atoms with Gasteiger partial charge in [-0.3, -0.25) is 4.79 Å². The molecule has 0 radical (unpaired) electrons. The topological polar surface area (TPSA) is 78.3 Å². The predicted octanol–water partition coefficient (Wildman–Crippen LogP) is 4.08. The fraction of sp³-hybridized carbons (Fsp3) is 0.208. The van der Waals surface area contributed by atoms with E-state index in [-0.39, 0.29) is 12.3 Å². The normalized spacial score (nSPS) is 10.7. The maximum atomic E-state index is 12.3. The first-order valence-electron chi connectivity index (χ1n) is 10.2. The Morgan fingerprint density at radius 3 is 2.53 bits per heavy atom. The summed E-state index contributed by atoms with van der Waals surface area (Å²) in [5.41, 5.74) is 3.62. The van der Waals surface area contributed by atoms with Gasteiger partial charge in [0.2, 0.25) is 5.91 Å². The van der Waals surface area contributed by atoms with E-state index in [4.69, 9.17) is 9.47 Å². The first-order valence-corrected chi connectivity index (χ1v) is 11.1. The SMILES string of the molecule is COc1ccc(-n2ccc(CNC(=O)Cc3csc(COc4ccc(C)cc4)n3)n2)cc1. The number of carbonyl (C=O) groups is 1. The van der Waals surface area contributed by atoms with Crippen LogP contribution < -0.4 is 14.8 Å². The largest absolute Gasteiger partial charge is 0.497 e. The van der Waals surface area contributed by atoms with Crippen LogP contribution in [0.5, 0.6) is 11.5 Å². The Bertz CT molecular complexity index is 1170. The highest BCUT2D eigenvalue weighted by Gasteiger charge is 2.10. The maximum absolute atomic E-state index is 12.3. The molecule has 2 heterocycles. The van der Waals surface area contributed by atoms with Crippen LogP contribution in [0.15, 0.2) is 66.2 Å². The molecule has 0 saturated carbocycles. The fourth-order valence-corrected chi connectivity index (χ4v) is 3.73. The average Bonchev–Trinajstić information content (AvgIpc) is 3.47. The molecule has 164 valence electrons. The van der Waals surface area contributed by atoms with Crippen molar-refractivity contribution in [2.45, 2.75) is 26.5 Å². The number of aromatic nitrogens is 3. The van der Waals surface area contributed by atoms with Gasteiger partial charge in [-0.15, -0.1) is 11.3 Å². The summed E-state index contributed by atoms with van der Waals surface area (Å²) in [5.74, 6) is 1.50. The maximum Gasteiger partial charge on any atom is 0.226 e. The number of carbonyl (C=O) groups excluding carboxylic acids is 1. The van der Waals surface area contributed by atoms with Gasteiger partial charge in [-0.05, 0) is 49.4 Å². The molecule has 0 saturated heterocycles. The summed E-state index contributed by atoms with van der Waals surface area (Å²) in [6.45, 7) is 2.78. The van der Waals surface area contributed by atoms with Crippen molar-refractivity contribution in [3.63, 3.8) is 0 Å². The lowest BCUT2D eigenvalue weighted by molar-refractivity contribution is -0.120. The van der Waals surface area contributed by atoms with E-state index in [2.05, 4.69) is 15.4 Å². The van der Waals surface area contributed by atoms with Crippen molar-refractivity contribution in [3.8, 4) is 17.2 Å². The molecule has 2 aromatic carbocycles. The van der Waals surface area contributed by atoms with Gasteiger partial charge in [-0.1, -0.05) is 17.7 Å². The highest BCUT2D eigenvalue weighted by atomic mass is 32.1. The summed E-state index contributed by atoms with van der Waals surface area (Å²) >= 11 is 1.49. The average molecular weight is 449 g/mol. The molecule has 8 heteroatoms. The van der Waals surface area contributed by atoms with Gasteiger partial charge in [0.25, 0.3) is 0 Å². The van der Waals surface area contributed by atoms with Crippen LogP contribution in [0.25, 0.3) is 5.69 Å². The Morgan fingerprint density at radius 1 is 1.03 bits per heavy atom. The molecule has 1 N–H and O–H groups in total. The standard InChI is InChI=1S/C24H24N4O3S/c1-17-3-7-22(8-4-17)31-15-24-26-19(16-32-24)13-23(29)25-14-18-11-12-28(27-18)20-5-9-21(30-2)10-6-20/h3-12,16H,13-15H2,1-2H3,(H,25,29). The predicted molar refractivity (Wildman–Crippen MR) is 123 cm³/mol. The number of rotatable bonds is 9. The lowest BCUT2D eigenvalue weighted by Gasteiger charge is -2.04. The number of ether oxygens (including phenoxy) is 2. The third kappa shape index (κ3) is 5.73. The van der Waals surface area contributed by atoms with Crippen LogP contribution in [0.4, 0.5) is 0 Å². The van der Waals surface area contributed by atoms with E-state index in [0.717, 1.165) is 33.6 Å². The van der Waals surface area contributed by atoms with Crippen LogP contribution in [-0.2, 0) is 24.4 Å². The monoisotopic (exact) mass is 448 g/mol. The number of methoxy groups -OCH3 is 1. The molecule has 0 fully saturated rings. The second-order valence-electron chi connectivity index (χ2n) is 7.24. The van der Waals surface area contributed by atoms with Gasteiger partial charge in [-0.25, -0.2) is 9.67 Å². The number of nitrogens with one attached hydrogen (secondary N) is 1.